The maximum absolute atomic E-state index is 12.9. The number of thiazole rings is 1. The zero-order valence-corrected chi connectivity index (χ0v) is 13.2. The number of rotatable bonds is 2. The fourth-order valence-electron chi connectivity index (χ4n) is 3.82. The van der Waals surface area contributed by atoms with Crippen molar-refractivity contribution < 1.29 is 14.7 Å². The van der Waals surface area contributed by atoms with Crippen LogP contribution in [0.2, 0.25) is 0 Å². The van der Waals surface area contributed by atoms with E-state index in [1.165, 1.54) is 11.3 Å². The Kier molecular flexibility index (Phi) is 3.73. The van der Waals surface area contributed by atoms with Gasteiger partial charge in [-0.1, -0.05) is 12.8 Å². The largest absolute Gasteiger partial charge is 0.480 e. The highest BCUT2D eigenvalue weighted by Gasteiger charge is 2.48. The molecule has 6 heteroatoms. The first kappa shape index (κ1) is 14.5. The van der Waals surface area contributed by atoms with E-state index in [1.807, 2.05) is 13.8 Å². The summed E-state index contributed by atoms with van der Waals surface area (Å²) in [4.78, 5) is 31.0. The van der Waals surface area contributed by atoms with Gasteiger partial charge in [0, 0.05) is 6.04 Å². The molecule has 1 saturated heterocycles. The Bertz CT molecular complexity index is 583. The van der Waals surface area contributed by atoms with E-state index in [9.17, 15) is 14.7 Å². The number of aliphatic carboxylic acids is 1. The molecule has 3 atom stereocenters. The lowest BCUT2D eigenvalue weighted by atomic mass is 9.85. The number of carboxylic acid groups (broad SMARTS) is 1. The number of likely N-dealkylation sites (tertiary alicyclic amines) is 1. The predicted molar refractivity (Wildman–Crippen MR) is 79.5 cm³/mol. The number of fused-ring (bicyclic) bond motifs is 1. The molecular weight excluding hydrogens is 288 g/mol. The first-order chi connectivity index (χ1) is 9.99. The monoisotopic (exact) mass is 308 g/mol. The van der Waals surface area contributed by atoms with Gasteiger partial charge in [-0.25, -0.2) is 9.78 Å². The first-order valence-corrected chi connectivity index (χ1v) is 8.30. The Labute approximate surface area is 128 Å². The quantitative estimate of drug-likeness (QED) is 0.911. The summed E-state index contributed by atoms with van der Waals surface area (Å²) in [6.07, 6.45) is 4.80. The Morgan fingerprint density at radius 1 is 1.29 bits per heavy atom. The van der Waals surface area contributed by atoms with Crippen LogP contribution in [0.25, 0.3) is 0 Å². The lowest BCUT2D eigenvalue weighted by molar-refractivity contribution is -0.141. The van der Waals surface area contributed by atoms with E-state index in [1.54, 1.807) is 4.90 Å². The van der Waals surface area contributed by atoms with Gasteiger partial charge in [-0.3, -0.25) is 4.79 Å². The molecule has 3 rings (SSSR count). The summed E-state index contributed by atoms with van der Waals surface area (Å²) < 4.78 is 0. The molecule has 1 saturated carbocycles. The van der Waals surface area contributed by atoms with Crippen LogP contribution in [0.4, 0.5) is 0 Å². The van der Waals surface area contributed by atoms with Gasteiger partial charge < -0.3 is 10.0 Å². The van der Waals surface area contributed by atoms with Crippen molar-refractivity contribution in [2.45, 2.75) is 58.0 Å². The van der Waals surface area contributed by atoms with Crippen molar-refractivity contribution in [1.29, 1.82) is 0 Å². The number of aromatic nitrogens is 1. The van der Waals surface area contributed by atoms with E-state index in [0.717, 1.165) is 30.7 Å². The summed E-state index contributed by atoms with van der Waals surface area (Å²) >= 11 is 1.37. The lowest BCUT2D eigenvalue weighted by Crippen LogP contribution is -2.46. The van der Waals surface area contributed by atoms with E-state index in [2.05, 4.69) is 4.98 Å². The van der Waals surface area contributed by atoms with E-state index < -0.39 is 12.0 Å². The lowest BCUT2D eigenvalue weighted by Gasteiger charge is -2.32. The molecule has 0 aromatic carbocycles. The Morgan fingerprint density at radius 2 is 2.00 bits per heavy atom. The van der Waals surface area contributed by atoms with Gasteiger partial charge in [0.15, 0.2) is 0 Å². The maximum atomic E-state index is 12.9. The van der Waals surface area contributed by atoms with Crippen molar-refractivity contribution >= 4 is 23.2 Å². The third-order valence-corrected chi connectivity index (χ3v) is 5.77. The summed E-state index contributed by atoms with van der Waals surface area (Å²) in [7, 11) is 0. The fourth-order valence-corrected chi connectivity index (χ4v) is 4.68. The zero-order chi connectivity index (χ0) is 15.1. The number of carbonyl (C=O) groups is 2. The number of carboxylic acids is 1. The van der Waals surface area contributed by atoms with Gasteiger partial charge in [0.05, 0.1) is 10.7 Å². The number of hydrogen-bond donors (Lipinski definition) is 1. The van der Waals surface area contributed by atoms with Crippen LogP contribution in [0.15, 0.2) is 0 Å². The first-order valence-electron chi connectivity index (χ1n) is 7.48. The topological polar surface area (TPSA) is 70.5 Å². The molecule has 0 bridgehead atoms. The molecule has 5 nitrogen and oxygen atoms in total. The minimum absolute atomic E-state index is 0.0918. The van der Waals surface area contributed by atoms with Crippen molar-refractivity contribution in [3.63, 3.8) is 0 Å². The molecule has 2 fully saturated rings. The maximum Gasteiger partial charge on any atom is 0.326 e. The van der Waals surface area contributed by atoms with Crippen LogP contribution in [0, 0.1) is 19.8 Å². The SMILES string of the molecule is Cc1nc(C)c(C(=O)N2[C@@H]3CCCC[C@H]3C[C@H]2C(=O)O)s1. The predicted octanol–water partition coefficient (Wildman–Crippen LogP) is 2.62. The molecule has 2 aliphatic rings. The molecule has 2 heterocycles. The number of aryl methyl sites for hydroxylation is 2. The Balaban J connectivity index is 1.94. The summed E-state index contributed by atoms with van der Waals surface area (Å²) in [5.41, 5.74) is 0.714. The molecule has 0 radical (unpaired) electrons. The van der Waals surface area contributed by atoms with Gasteiger partial charge >= 0.3 is 5.97 Å². The molecular formula is C15H20N2O3S. The minimum Gasteiger partial charge on any atom is -0.480 e. The molecule has 0 spiro atoms. The van der Waals surface area contributed by atoms with Crippen LogP contribution in [0.3, 0.4) is 0 Å². The van der Waals surface area contributed by atoms with E-state index in [0.29, 0.717) is 22.9 Å². The van der Waals surface area contributed by atoms with Crippen molar-refractivity contribution in [3.8, 4) is 0 Å². The molecule has 1 aliphatic heterocycles. The number of hydrogen-bond acceptors (Lipinski definition) is 4. The summed E-state index contributed by atoms with van der Waals surface area (Å²) in [6, 6.07) is -0.582. The summed E-state index contributed by atoms with van der Waals surface area (Å²) in [5, 5.41) is 10.3. The second-order valence-corrected chi connectivity index (χ2v) is 7.26. The molecule has 1 aliphatic carbocycles. The van der Waals surface area contributed by atoms with Gasteiger partial charge in [0.2, 0.25) is 0 Å². The van der Waals surface area contributed by atoms with Crippen LogP contribution in [0.5, 0.6) is 0 Å². The average Bonchev–Trinajstić information content (AvgIpc) is 2.98. The number of nitrogens with zero attached hydrogens (tertiary/aromatic N) is 2. The summed E-state index contributed by atoms with van der Waals surface area (Å²) in [6.45, 7) is 3.69. The molecule has 1 aromatic heterocycles. The highest BCUT2D eigenvalue weighted by Crippen LogP contribution is 2.41. The zero-order valence-electron chi connectivity index (χ0n) is 12.3. The molecule has 0 unspecified atom stereocenters. The Morgan fingerprint density at radius 3 is 2.62 bits per heavy atom. The van der Waals surface area contributed by atoms with Crippen molar-refractivity contribution in [2.24, 2.45) is 5.92 Å². The fraction of sp³-hybridized carbons (Fsp3) is 0.667. The van der Waals surface area contributed by atoms with Gasteiger partial charge in [-0.2, -0.15) is 0 Å². The van der Waals surface area contributed by atoms with Crippen LogP contribution >= 0.6 is 11.3 Å². The van der Waals surface area contributed by atoms with E-state index >= 15 is 0 Å². The second-order valence-electron chi connectivity index (χ2n) is 6.06. The van der Waals surface area contributed by atoms with Gasteiger partial charge in [0.1, 0.15) is 10.9 Å². The highest BCUT2D eigenvalue weighted by atomic mass is 32.1. The van der Waals surface area contributed by atoms with Gasteiger partial charge in [-0.05, 0) is 39.0 Å². The third kappa shape index (κ3) is 2.46. The van der Waals surface area contributed by atoms with Crippen molar-refractivity contribution in [2.75, 3.05) is 0 Å². The standard InChI is InChI=1S/C15H20N2O3S/c1-8-13(21-9(2)16-8)14(18)17-11-6-4-3-5-10(11)7-12(17)15(19)20/h10-12H,3-7H2,1-2H3,(H,19,20)/t10-,11+,12-/m0/s1. The van der Waals surface area contributed by atoms with Crippen molar-refractivity contribution in [3.05, 3.63) is 15.6 Å². The average molecular weight is 308 g/mol. The van der Waals surface area contributed by atoms with Gasteiger partial charge in [0.25, 0.3) is 5.91 Å². The minimum atomic E-state index is -0.878. The van der Waals surface area contributed by atoms with Crippen LogP contribution in [-0.2, 0) is 4.79 Å². The second kappa shape index (κ2) is 5.40. The summed E-state index contributed by atoms with van der Waals surface area (Å²) in [5.74, 6) is -0.672. The number of amides is 1. The molecule has 1 amide bonds. The normalized spacial score (nSPS) is 28.5. The van der Waals surface area contributed by atoms with E-state index in [4.69, 9.17) is 0 Å². The molecule has 1 aromatic rings. The molecule has 21 heavy (non-hydrogen) atoms. The Hall–Kier alpha value is -1.43. The van der Waals surface area contributed by atoms with Gasteiger partial charge in [-0.15, -0.1) is 11.3 Å². The smallest absolute Gasteiger partial charge is 0.326 e. The highest BCUT2D eigenvalue weighted by molar-refractivity contribution is 7.13. The van der Waals surface area contributed by atoms with Crippen LogP contribution < -0.4 is 0 Å². The molecule has 1 N–H and O–H groups in total. The van der Waals surface area contributed by atoms with E-state index in [-0.39, 0.29) is 11.9 Å². The third-order valence-electron chi connectivity index (χ3n) is 4.71. The van der Waals surface area contributed by atoms with Crippen LogP contribution in [0.1, 0.15) is 52.5 Å². The van der Waals surface area contributed by atoms with Crippen LogP contribution in [-0.4, -0.2) is 39.0 Å². The molecule has 114 valence electrons. The number of carbonyl (C=O) groups excluding carboxylic acids is 1. The van der Waals surface area contributed by atoms with Crippen molar-refractivity contribution in [1.82, 2.24) is 9.88 Å².